The van der Waals surface area contributed by atoms with Gasteiger partial charge in [-0.25, -0.2) is 4.79 Å². The fourth-order valence-corrected chi connectivity index (χ4v) is 4.86. The van der Waals surface area contributed by atoms with Crippen LogP contribution in [0.5, 0.6) is 0 Å². The molecule has 2 saturated carbocycles. The summed E-state index contributed by atoms with van der Waals surface area (Å²) in [4.78, 5) is 38.8. The zero-order valence-electron chi connectivity index (χ0n) is 16.6. The van der Waals surface area contributed by atoms with Gasteiger partial charge in [0.05, 0.1) is 6.54 Å². The van der Waals surface area contributed by atoms with Crippen LogP contribution in [0.1, 0.15) is 70.6 Å². The summed E-state index contributed by atoms with van der Waals surface area (Å²) in [7, 11) is 0. The zero-order chi connectivity index (χ0) is 20.1. The van der Waals surface area contributed by atoms with Crippen molar-refractivity contribution in [3.05, 3.63) is 11.8 Å². The number of nitrogens with zero attached hydrogens (tertiary/aromatic N) is 3. The number of carbonyl (C=O) groups excluding carboxylic acids is 3. The maximum atomic E-state index is 13.0. The van der Waals surface area contributed by atoms with Gasteiger partial charge in [-0.1, -0.05) is 20.8 Å². The van der Waals surface area contributed by atoms with Crippen molar-refractivity contribution in [3.63, 3.8) is 0 Å². The van der Waals surface area contributed by atoms with Gasteiger partial charge in [0.1, 0.15) is 12.1 Å². The molecular formula is C19H27N5O4. The van der Waals surface area contributed by atoms with Gasteiger partial charge < -0.3 is 15.1 Å². The smallest absolute Gasteiger partial charge is 0.325 e. The average molecular weight is 389 g/mol. The Hall–Kier alpha value is -2.45. The van der Waals surface area contributed by atoms with E-state index in [4.69, 9.17) is 4.42 Å². The van der Waals surface area contributed by atoms with E-state index in [1.54, 1.807) is 0 Å². The van der Waals surface area contributed by atoms with Crippen LogP contribution in [-0.4, -0.2) is 45.0 Å². The summed E-state index contributed by atoms with van der Waals surface area (Å²) in [5.74, 6) is 0.859. The molecule has 4 rings (SSSR count). The maximum Gasteiger partial charge on any atom is 0.325 e. The second-order valence-corrected chi connectivity index (χ2v) is 9.34. The Balaban J connectivity index is 1.36. The van der Waals surface area contributed by atoms with Crippen molar-refractivity contribution in [2.75, 3.05) is 6.54 Å². The first kappa shape index (κ1) is 18.9. The fourth-order valence-electron chi connectivity index (χ4n) is 4.86. The Morgan fingerprint density at radius 1 is 1.29 bits per heavy atom. The first-order valence-electron chi connectivity index (χ1n) is 9.91. The molecule has 2 aliphatic carbocycles. The molecule has 2 atom stereocenters. The first-order chi connectivity index (χ1) is 13.2. The molecule has 3 fully saturated rings. The number of hydrogen-bond donors (Lipinski definition) is 2. The Labute approximate surface area is 163 Å². The third-order valence-electron chi connectivity index (χ3n) is 5.77. The minimum atomic E-state index is -0.899. The van der Waals surface area contributed by atoms with Gasteiger partial charge in [-0.15, -0.1) is 10.2 Å². The number of hydrogen-bond acceptors (Lipinski definition) is 6. The van der Waals surface area contributed by atoms with Gasteiger partial charge >= 0.3 is 6.03 Å². The van der Waals surface area contributed by atoms with E-state index in [1.807, 2.05) is 0 Å². The summed E-state index contributed by atoms with van der Waals surface area (Å²) in [6, 6.07) is -0.501. The molecule has 28 heavy (non-hydrogen) atoms. The van der Waals surface area contributed by atoms with Gasteiger partial charge in [-0.2, -0.15) is 0 Å². The minimum Gasteiger partial charge on any atom is -0.423 e. The van der Waals surface area contributed by atoms with Gasteiger partial charge in [-0.05, 0) is 43.4 Å². The van der Waals surface area contributed by atoms with Crippen LogP contribution in [0, 0.1) is 11.3 Å². The van der Waals surface area contributed by atoms with Crippen molar-refractivity contribution in [3.8, 4) is 0 Å². The Morgan fingerprint density at radius 3 is 2.71 bits per heavy atom. The highest BCUT2D eigenvalue weighted by Gasteiger charge is 2.56. The molecule has 0 bridgehead atoms. The monoisotopic (exact) mass is 389 g/mol. The number of imide groups is 1. The second-order valence-electron chi connectivity index (χ2n) is 9.34. The number of amides is 4. The molecule has 1 aliphatic heterocycles. The molecule has 152 valence electrons. The summed E-state index contributed by atoms with van der Waals surface area (Å²) in [5, 5.41) is 13.4. The fraction of sp³-hybridized carbons (Fsp3) is 0.737. The number of rotatable bonds is 5. The van der Waals surface area contributed by atoms with E-state index in [0.29, 0.717) is 36.5 Å². The molecule has 0 aromatic carbocycles. The van der Waals surface area contributed by atoms with Crippen LogP contribution >= 0.6 is 0 Å². The molecule has 1 saturated heterocycles. The van der Waals surface area contributed by atoms with E-state index in [-0.39, 0.29) is 24.4 Å². The first-order valence-corrected chi connectivity index (χ1v) is 9.91. The topological polar surface area (TPSA) is 117 Å². The summed E-state index contributed by atoms with van der Waals surface area (Å²) >= 11 is 0. The quantitative estimate of drug-likeness (QED) is 0.740. The molecule has 9 nitrogen and oxygen atoms in total. The molecule has 0 unspecified atom stereocenters. The standard InChI is InChI=1S/C19H27N5O4/c1-11-6-18(2,3)10-19(7-11)16(26)24(17(27)21-19)9-13(25)20-8-14-22-23-15(28-14)12-4-5-12/h11-12H,4-10H2,1-3H3,(H,20,25)(H,21,27)/t11-,19+/m0/s1. The minimum absolute atomic E-state index is 0.0455. The largest absolute Gasteiger partial charge is 0.423 e. The lowest BCUT2D eigenvalue weighted by atomic mass is 9.64. The SMILES string of the molecule is C[C@H]1CC(C)(C)C[C@@]2(C1)NC(=O)N(CC(=O)NCc1nnc(C3CC3)o1)C2=O. The molecule has 1 aromatic heterocycles. The Bertz CT molecular complexity index is 815. The van der Waals surface area contributed by atoms with Crippen molar-refractivity contribution in [1.29, 1.82) is 0 Å². The van der Waals surface area contributed by atoms with E-state index in [0.717, 1.165) is 24.2 Å². The van der Waals surface area contributed by atoms with Crippen molar-refractivity contribution in [1.82, 2.24) is 25.7 Å². The lowest BCUT2D eigenvalue weighted by Crippen LogP contribution is -2.54. The van der Waals surface area contributed by atoms with Crippen molar-refractivity contribution < 1.29 is 18.8 Å². The third kappa shape index (κ3) is 3.62. The molecule has 9 heteroatoms. The Kier molecular flexibility index (Phi) is 4.43. The molecular weight excluding hydrogens is 362 g/mol. The van der Waals surface area contributed by atoms with E-state index >= 15 is 0 Å². The van der Waals surface area contributed by atoms with E-state index < -0.39 is 17.5 Å². The summed E-state index contributed by atoms with van der Waals surface area (Å²) in [5.41, 5.74) is -0.944. The maximum absolute atomic E-state index is 13.0. The second kappa shape index (κ2) is 6.56. The van der Waals surface area contributed by atoms with Crippen LogP contribution in [-0.2, 0) is 16.1 Å². The van der Waals surface area contributed by atoms with Crippen LogP contribution < -0.4 is 10.6 Å². The normalized spacial score (nSPS) is 29.2. The summed E-state index contributed by atoms with van der Waals surface area (Å²) in [6.45, 7) is 6.08. The van der Waals surface area contributed by atoms with Gasteiger partial charge in [0.2, 0.25) is 17.7 Å². The molecule has 2 N–H and O–H groups in total. The van der Waals surface area contributed by atoms with Crippen LogP contribution in [0.2, 0.25) is 0 Å². The number of urea groups is 1. The van der Waals surface area contributed by atoms with E-state index in [2.05, 4.69) is 41.6 Å². The summed E-state index contributed by atoms with van der Waals surface area (Å²) in [6.07, 6.45) is 4.30. The van der Waals surface area contributed by atoms with Gasteiger partial charge in [0.15, 0.2) is 0 Å². The van der Waals surface area contributed by atoms with Crippen molar-refractivity contribution in [2.45, 2.75) is 70.9 Å². The molecule has 0 radical (unpaired) electrons. The highest BCUT2D eigenvalue weighted by atomic mass is 16.4. The van der Waals surface area contributed by atoms with Crippen LogP contribution in [0.25, 0.3) is 0 Å². The number of carbonyl (C=O) groups is 3. The zero-order valence-corrected chi connectivity index (χ0v) is 16.6. The van der Waals surface area contributed by atoms with Crippen molar-refractivity contribution >= 4 is 17.8 Å². The predicted octanol–water partition coefficient (Wildman–Crippen LogP) is 1.70. The van der Waals surface area contributed by atoms with E-state index in [1.165, 1.54) is 0 Å². The highest BCUT2D eigenvalue weighted by molar-refractivity contribution is 6.09. The molecule has 1 spiro atoms. The molecule has 4 amide bonds. The average Bonchev–Trinajstić information content (AvgIpc) is 3.29. The van der Waals surface area contributed by atoms with Crippen LogP contribution in [0.4, 0.5) is 4.79 Å². The molecule has 1 aromatic rings. The lowest BCUT2D eigenvalue weighted by molar-refractivity contribution is -0.137. The van der Waals surface area contributed by atoms with E-state index in [9.17, 15) is 14.4 Å². The van der Waals surface area contributed by atoms with Crippen LogP contribution in [0.15, 0.2) is 4.42 Å². The molecule has 2 heterocycles. The molecule has 3 aliphatic rings. The van der Waals surface area contributed by atoms with Crippen LogP contribution in [0.3, 0.4) is 0 Å². The van der Waals surface area contributed by atoms with Gasteiger partial charge in [-0.3, -0.25) is 14.5 Å². The third-order valence-corrected chi connectivity index (χ3v) is 5.77. The lowest BCUT2D eigenvalue weighted by Gasteiger charge is -2.43. The number of nitrogens with one attached hydrogen (secondary N) is 2. The summed E-state index contributed by atoms with van der Waals surface area (Å²) < 4.78 is 5.50. The van der Waals surface area contributed by atoms with Gasteiger partial charge in [0, 0.05) is 5.92 Å². The Morgan fingerprint density at radius 2 is 2.04 bits per heavy atom. The predicted molar refractivity (Wildman–Crippen MR) is 97.9 cm³/mol. The van der Waals surface area contributed by atoms with Crippen molar-refractivity contribution in [2.24, 2.45) is 11.3 Å². The number of aromatic nitrogens is 2. The highest BCUT2D eigenvalue weighted by Crippen LogP contribution is 2.46. The van der Waals surface area contributed by atoms with Gasteiger partial charge in [0.25, 0.3) is 5.91 Å².